The maximum absolute atomic E-state index is 10.0. The summed E-state index contributed by atoms with van der Waals surface area (Å²) in [5.74, 6) is -0.188. The molecule has 1 radical (unpaired) electrons. The molecule has 3 nitrogen and oxygen atoms in total. The van der Waals surface area contributed by atoms with Gasteiger partial charge in [0.05, 0.1) is 0 Å². The second kappa shape index (κ2) is 3.95. The predicted molar refractivity (Wildman–Crippen MR) is 44.6 cm³/mol. The highest BCUT2D eigenvalue weighted by atomic mass is 16.3. The third-order valence-corrected chi connectivity index (χ3v) is 1.74. The van der Waals surface area contributed by atoms with Crippen LogP contribution in [-0.4, -0.2) is 16.5 Å². The van der Waals surface area contributed by atoms with Gasteiger partial charge in [-0.1, -0.05) is 5.57 Å². The summed E-state index contributed by atoms with van der Waals surface area (Å²) in [6.07, 6.45) is 5.62. The third kappa shape index (κ3) is 2.12. The van der Waals surface area contributed by atoms with Gasteiger partial charge in [-0.3, -0.25) is 0 Å². The molecule has 1 aliphatic rings. The average Bonchev–Trinajstić information content (AvgIpc) is 2.07. The summed E-state index contributed by atoms with van der Waals surface area (Å²) < 4.78 is 0. The summed E-state index contributed by atoms with van der Waals surface area (Å²) in [5, 5.41) is 18.1. The number of aliphatic hydroxyl groups is 2. The highest BCUT2D eigenvalue weighted by Crippen LogP contribution is 2.22. The fourth-order valence-electron chi connectivity index (χ4n) is 1.08. The molecule has 1 aliphatic carbocycles. The first kappa shape index (κ1) is 8.84. The van der Waals surface area contributed by atoms with Crippen molar-refractivity contribution >= 4 is 6.29 Å². The molecule has 12 heavy (non-hydrogen) atoms. The first-order valence-electron chi connectivity index (χ1n) is 3.82. The van der Waals surface area contributed by atoms with Gasteiger partial charge in [0.15, 0.2) is 5.76 Å². The topological polar surface area (TPSA) is 57.5 Å². The number of aliphatic hydroxyl groups excluding tert-OH is 2. The van der Waals surface area contributed by atoms with Gasteiger partial charge in [-0.15, -0.1) is 0 Å². The van der Waals surface area contributed by atoms with Crippen LogP contribution in [0.5, 0.6) is 0 Å². The minimum absolute atomic E-state index is 0.0788. The lowest BCUT2D eigenvalue weighted by atomic mass is 9.99. The van der Waals surface area contributed by atoms with Crippen LogP contribution in [0, 0.1) is 6.42 Å². The minimum Gasteiger partial charge on any atom is -0.508 e. The zero-order valence-corrected chi connectivity index (χ0v) is 6.66. The maximum Gasteiger partial charge on any atom is 0.153 e. The van der Waals surface area contributed by atoms with Crippen LogP contribution in [0.1, 0.15) is 19.3 Å². The van der Waals surface area contributed by atoms with Crippen molar-refractivity contribution in [2.45, 2.75) is 19.3 Å². The molecule has 0 aromatic heterocycles. The molecule has 0 saturated carbocycles. The number of carbonyl (C=O) groups excluding carboxylic acids is 1. The molecule has 1 rings (SSSR count). The van der Waals surface area contributed by atoms with Gasteiger partial charge in [-0.05, 0) is 18.9 Å². The van der Waals surface area contributed by atoms with Crippen molar-refractivity contribution < 1.29 is 15.0 Å². The van der Waals surface area contributed by atoms with Gasteiger partial charge >= 0.3 is 0 Å². The number of allylic oxidation sites excluding steroid dienone is 3. The van der Waals surface area contributed by atoms with Crippen molar-refractivity contribution in [2.24, 2.45) is 0 Å². The molecule has 0 atom stereocenters. The second-order valence-electron chi connectivity index (χ2n) is 2.69. The van der Waals surface area contributed by atoms with Gasteiger partial charge in [0.25, 0.3) is 0 Å². The fourth-order valence-corrected chi connectivity index (χ4v) is 1.08. The Kier molecular flexibility index (Phi) is 2.91. The van der Waals surface area contributed by atoms with Crippen LogP contribution in [0.2, 0.25) is 0 Å². The number of rotatable bonds is 3. The molecule has 0 bridgehead atoms. The smallest absolute Gasteiger partial charge is 0.153 e. The predicted octanol–water partition coefficient (Wildman–Crippen LogP) is 1.83. The zero-order chi connectivity index (χ0) is 8.97. The van der Waals surface area contributed by atoms with Crippen molar-refractivity contribution in [3.63, 3.8) is 0 Å². The quantitative estimate of drug-likeness (QED) is 0.630. The SMILES string of the molecule is O=CCCC1=CC(O)=C(O)[CH]C1. The van der Waals surface area contributed by atoms with E-state index in [2.05, 4.69) is 0 Å². The van der Waals surface area contributed by atoms with Gasteiger partial charge in [-0.25, -0.2) is 0 Å². The molecule has 0 saturated heterocycles. The molecule has 3 heteroatoms. The number of hydrogen-bond acceptors (Lipinski definition) is 3. The Hall–Kier alpha value is -1.25. The minimum atomic E-state index is -0.109. The summed E-state index contributed by atoms with van der Waals surface area (Å²) in [5.41, 5.74) is 0.970. The van der Waals surface area contributed by atoms with E-state index < -0.39 is 0 Å². The van der Waals surface area contributed by atoms with Crippen LogP contribution in [0.3, 0.4) is 0 Å². The van der Waals surface area contributed by atoms with E-state index in [9.17, 15) is 4.79 Å². The Morgan fingerprint density at radius 3 is 2.75 bits per heavy atom. The van der Waals surface area contributed by atoms with E-state index in [1.807, 2.05) is 0 Å². The fraction of sp³-hybridized carbons (Fsp3) is 0.333. The van der Waals surface area contributed by atoms with E-state index in [0.717, 1.165) is 11.9 Å². The molecule has 0 aromatic rings. The summed E-state index contributed by atoms with van der Waals surface area (Å²) in [6, 6.07) is 0. The van der Waals surface area contributed by atoms with Crippen molar-refractivity contribution in [1.82, 2.24) is 0 Å². The largest absolute Gasteiger partial charge is 0.508 e. The first-order chi connectivity index (χ1) is 5.74. The molecule has 0 unspecified atom stereocenters. The Bertz CT molecular complexity index is 238. The molecule has 0 spiro atoms. The molecular formula is C9H11O3. The van der Waals surface area contributed by atoms with Gasteiger partial charge < -0.3 is 15.0 Å². The molecule has 0 amide bonds. The Morgan fingerprint density at radius 1 is 1.42 bits per heavy atom. The Balaban J connectivity index is 2.57. The normalized spacial score (nSPS) is 17.5. The highest BCUT2D eigenvalue weighted by Gasteiger charge is 2.11. The van der Waals surface area contributed by atoms with Gasteiger partial charge in [0, 0.05) is 12.8 Å². The second-order valence-corrected chi connectivity index (χ2v) is 2.69. The molecule has 0 fully saturated rings. The lowest BCUT2D eigenvalue weighted by molar-refractivity contribution is -0.107. The summed E-state index contributed by atoms with van der Waals surface area (Å²) >= 11 is 0. The van der Waals surface area contributed by atoms with Crippen LogP contribution in [0.4, 0.5) is 0 Å². The van der Waals surface area contributed by atoms with E-state index in [-0.39, 0.29) is 11.5 Å². The van der Waals surface area contributed by atoms with E-state index in [1.54, 1.807) is 0 Å². The van der Waals surface area contributed by atoms with E-state index in [0.29, 0.717) is 19.3 Å². The molecular weight excluding hydrogens is 156 g/mol. The van der Waals surface area contributed by atoms with Crippen LogP contribution in [0.15, 0.2) is 23.2 Å². The van der Waals surface area contributed by atoms with E-state index in [4.69, 9.17) is 10.2 Å². The average molecular weight is 167 g/mol. The van der Waals surface area contributed by atoms with Gasteiger partial charge in [0.1, 0.15) is 12.0 Å². The standard InChI is InChI=1S/C9H11O3/c10-5-1-2-7-3-4-8(11)9(12)6-7/h4-6,11-12H,1-3H2. The van der Waals surface area contributed by atoms with E-state index >= 15 is 0 Å². The molecule has 0 aromatic carbocycles. The van der Waals surface area contributed by atoms with Crippen LogP contribution >= 0.6 is 0 Å². The number of carbonyl (C=O) groups is 1. The summed E-state index contributed by atoms with van der Waals surface area (Å²) in [6.45, 7) is 0. The molecule has 2 N–H and O–H groups in total. The van der Waals surface area contributed by atoms with Crippen molar-refractivity contribution in [3.05, 3.63) is 29.6 Å². The lowest BCUT2D eigenvalue weighted by Crippen LogP contribution is -1.99. The lowest BCUT2D eigenvalue weighted by Gasteiger charge is -2.11. The van der Waals surface area contributed by atoms with Crippen molar-refractivity contribution in [1.29, 1.82) is 0 Å². The maximum atomic E-state index is 10.0. The van der Waals surface area contributed by atoms with Crippen LogP contribution in [-0.2, 0) is 4.79 Å². The van der Waals surface area contributed by atoms with Crippen LogP contribution in [0.25, 0.3) is 0 Å². The first-order valence-corrected chi connectivity index (χ1v) is 3.82. The van der Waals surface area contributed by atoms with Crippen molar-refractivity contribution in [2.75, 3.05) is 0 Å². The molecule has 0 heterocycles. The molecule has 65 valence electrons. The monoisotopic (exact) mass is 167 g/mol. The highest BCUT2D eigenvalue weighted by molar-refractivity contribution is 5.50. The zero-order valence-electron chi connectivity index (χ0n) is 6.66. The summed E-state index contributed by atoms with van der Waals surface area (Å²) in [4.78, 5) is 10.0. The Labute approximate surface area is 71.0 Å². The number of aldehydes is 1. The Morgan fingerprint density at radius 2 is 2.17 bits per heavy atom. The van der Waals surface area contributed by atoms with Gasteiger partial charge in [0.2, 0.25) is 0 Å². The summed E-state index contributed by atoms with van der Waals surface area (Å²) in [7, 11) is 0. The van der Waals surface area contributed by atoms with Crippen molar-refractivity contribution in [3.8, 4) is 0 Å². The van der Waals surface area contributed by atoms with E-state index in [1.165, 1.54) is 12.5 Å². The molecule has 0 aliphatic heterocycles. The van der Waals surface area contributed by atoms with Crippen LogP contribution < -0.4 is 0 Å². The third-order valence-electron chi connectivity index (χ3n) is 1.74. The number of hydrogen-bond donors (Lipinski definition) is 2. The van der Waals surface area contributed by atoms with Gasteiger partial charge in [-0.2, -0.15) is 0 Å².